The molecule has 4 heteroatoms. The number of hydrogen-bond acceptors (Lipinski definition) is 3. The first-order valence-corrected chi connectivity index (χ1v) is 6.93. The molecule has 1 saturated carbocycles. The lowest BCUT2D eigenvalue weighted by Crippen LogP contribution is -2.15. The molecule has 100 valence electrons. The Balaban J connectivity index is 2.09. The van der Waals surface area contributed by atoms with Gasteiger partial charge in [-0.2, -0.15) is 0 Å². The molecule has 1 fully saturated rings. The molecule has 0 atom stereocenters. The van der Waals surface area contributed by atoms with Crippen molar-refractivity contribution < 1.29 is 0 Å². The fourth-order valence-corrected chi connectivity index (χ4v) is 2.55. The average molecular weight is 256 g/mol. The Labute approximate surface area is 113 Å². The third-order valence-corrected chi connectivity index (χ3v) is 3.73. The minimum Gasteiger partial charge on any atom is -0.382 e. The molecular formula is C15H20N4. The third kappa shape index (κ3) is 2.07. The SMILES string of the molecule is CCCc1nc(-c2ccccc2C2CC2)c(N)n1N. The van der Waals surface area contributed by atoms with Crippen LogP contribution in [0, 0.1) is 0 Å². The zero-order valence-electron chi connectivity index (χ0n) is 11.3. The number of anilines is 1. The molecule has 0 amide bonds. The normalized spacial score (nSPS) is 14.8. The highest BCUT2D eigenvalue weighted by Crippen LogP contribution is 2.44. The van der Waals surface area contributed by atoms with Crippen molar-refractivity contribution in [3.8, 4) is 11.3 Å². The summed E-state index contributed by atoms with van der Waals surface area (Å²) in [6.07, 6.45) is 4.40. The molecule has 0 unspecified atom stereocenters. The maximum atomic E-state index is 6.13. The number of nitrogen functional groups attached to an aromatic ring is 2. The topological polar surface area (TPSA) is 69.9 Å². The lowest BCUT2D eigenvalue weighted by Gasteiger charge is -2.06. The van der Waals surface area contributed by atoms with Crippen LogP contribution in [0.4, 0.5) is 5.82 Å². The van der Waals surface area contributed by atoms with Crippen molar-refractivity contribution in [1.82, 2.24) is 9.66 Å². The number of rotatable bonds is 4. The molecule has 0 bridgehead atoms. The number of aromatic nitrogens is 2. The van der Waals surface area contributed by atoms with Gasteiger partial charge < -0.3 is 11.6 Å². The van der Waals surface area contributed by atoms with E-state index < -0.39 is 0 Å². The summed E-state index contributed by atoms with van der Waals surface area (Å²) in [5.41, 5.74) is 9.47. The van der Waals surface area contributed by atoms with E-state index in [-0.39, 0.29) is 0 Å². The van der Waals surface area contributed by atoms with Crippen molar-refractivity contribution in [2.24, 2.45) is 0 Å². The van der Waals surface area contributed by atoms with Gasteiger partial charge in [0.05, 0.1) is 0 Å². The van der Waals surface area contributed by atoms with Crippen LogP contribution >= 0.6 is 0 Å². The highest BCUT2D eigenvalue weighted by Gasteiger charge is 2.27. The monoisotopic (exact) mass is 256 g/mol. The Morgan fingerprint density at radius 1 is 1.32 bits per heavy atom. The number of benzene rings is 1. The van der Waals surface area contributed by atoms with Gasteiger partial charge in [-0.1, -0.05) is 31.2 Å². The zero-order valence-corrected chi connectivity index (χ0v) is 11.3. The zero-order chi connectivity index (χ0) is 13.4. The Bertz CT molecular complexity index is 596. The maximum Gasteiger partial charge on any atom is 0.150 e. The van der Waals surface area contributed by atoms with Gasteiger partial charge in [-0.15, -0.1) is 0 Å². The van der Waals surface area contributed by atoms with E-state index >= 15 is 0 Å². The first-order chi connectivity index (χ1) is 9.22. The van der Waals surface area contributed by atoms with E-state index in [1.54, 1.807) is 0 Å². The van der Waals surface area contributed by atoms with Crippen molar-refractivity contribution in [1.29, 1.82) is 0 Å². The number of nitrogens with zero attached hydrogens (tertiary/aromatic N) is 2. The minimum absolute atomic E-state index is 0.566. The predicted molar refractivity (Wildman–Crippen MR) is 78.2 cm³/mol. The second-order valence-electron chi connectivity index (χ2n) is 5.24. The van der Waals surface area contributed by atoms with E-state index in [4.69, 9.17) is 11.6 Å². The molecule has 1 aromatic heterocycles. The molecule has 0 radical (unpaired) electrons. The third-order valence-electron chi connectivity index (χ3n) is 3.73. The summed E-state index contributed by atoms with van der Waals surface area (Å²) in [4.78, 5) is 4.65. The van der Waals surface area contributed by atoms with Gasteiger partial charge in [0.1, 0.15) is 11.5 Å². The molecule has 1 aliphatic carbocycles. The van der Waals surface area contributed by atoms with E-state index in [9.17, 15) is 0 Å². The molecule has 19 heavy (non-hydrogen) atoms. The molecule has 4 N–H and O–H groups in total. The van der Waals surface area contributed by atoms with E-state index in [0.29, 0.717) is 11.7 Å². The van der Waals surface area contributed by atoms with Crippen LogP contribution in [0.1, 0.15) is 43.5 Å². The molecule has 2 aromatic rings. The first-order valence-electron chi connectivity index (χ1n) is 6.93. The molecule has 3 rings (SSSR count). The summed E-state index contributed by atoms with van der Waals surface area (Å²) in [5.74, 6) is 8.10. The quantitative estimate of drug-likeness (QED) is 0.826. The lowest BCUT2D eigenvalue weighted by atomic mass is 10.0. The Morgan fingerprint density at radius 3 is 2.74 bits per heavy atom. The van der Waals surface area contributed by atoms with Crippen LogP contribution in [0.5, 0.6) is 0 Å². The maximum absolute atomic E-state index is 6.13. The van der Waals surface area contributed by atoms with Gasteiger partial charge in [0.25, 0.3) is 0 Å². The van der Waals surface area contributed by atoms with Crippen molar-refractivity contribution in [2.45, 2.75) is 38.5 Å². The van der Waals surface area contributed by atoms with Crippen LogP contribution in [0.2, 0.25) is 0 Å². The van der Waals surface area contributed by atoms with Crippen molar-refractivity contribution in [3.05, 3.63) is 35.7 Å². The molecule has 0 aliphatic heterocycles. The van der Waals surface area contributed by atoms with Crippen LogP contribution in [-0.2, 0) is 6.42 Å². The molecule has 1 aliphatic rings. The summed E-state index contributed by atoms with van der Waals surface area (Å²) in [7, 11) is 0. The van der Waals surface area contributed by atoms with E-state index in [0.717, 1.165) is 29.9 Å². The Morgan fingerprint density at radius 2 is 2.05 bits per heavy atom. The van der Waals surface area contributed by atoms with Gasteiger partial charge in [-0.05, 0) is 30.7 Å². The fraction of sp³-hybridized carbons (Fsp3) is 0.400. The van der Waals surface area contributed by atoms with E-state index in [2.05, 4.69) is 30.1 Å². The molecule has 1 aromatic carbocycles. The minimum atomic E-state index is 0.566. The molecule has 0 saturated heterocycles. The summed E-state index contributed by atoms with van der Waals surface area (Å²) in [5, 5.41) is 0. The summed E-state index contributed by atoms with van der Waals surface area (Å²) in [6, 6.07) is 8.40. The molecule has 1 heterocycles. The molecule has 0 spiro atoms. The van der Waals surface area contributed by atoms with Crippen molar-refractivity contribution in [3.63, 3.8) is 0 Å². The van der Waals surface area contributed by atoms with Gasteiger partial charge in [-0.3, -0.25) is 0 Å². The van der Waals surface area contributed by atoms with E-state index in [1.165, 1.54) is 23.1 Å². The van der Waals surface area contributed by atoms with Crippen LogP contribution in [0.15, 0.2) is 24.3 Å². The van der Waals surface area contributed by atoms with Gasteiger partial charge in [0.15, 0.2) is 5.82 Å². The second-order valence-corrected chi connectivity index (χ2v) is 5.24. The van der Waals surface area contributed by atoms with Crippen LogP contribution in [0.25, 0.3) is 11.3 Å². The predicted octanol–water partition coefficient (Wildman–Crippen LogP) is 2.68. The van der Waals surface area contributed by atoms with Gasteiger partial charge in [-0.25, -0.2) is 9.66 Å². The van der Waals surface area contributed by atoms with Crippen LogP contribution < -0.4 is 11.6 Å². The van der Waals surface area contributed by atoms with Gasteiger partial charge in [0, 0.05) is 12.0 Å². The van der Waals surface area contributed by atoms with Crippen LogP contribution in [-0.4, -0.2) is 9.66 Å². The highest BCUT2D eigenvalue weighted by atomic mass is 15.4. The second kappa shape index (κ2) is 4.61. The summed E-state index contributed by atoms with van der Waals surface area (Å²) >= 11 is 0. The van der Waals surface area contributed by atoms with E-state index in [1.807, 2.05) is 6.07 Å². The molecular weight excluding hydrogens is 236 g/mol. The fourth-order valence-electron chi connectivity index (χ4n) is 2.55. The van der Waals surface area contributed by atoms with Crippen LogP contribution in [0.3, 0.4) is 0 Å². The first kappa shape index (κ1) is 12.1. The summed E-state index contributed by atoms with van der Waals surface area (Å²) in [6.45, 7) is 2.11. The van der Waals surface area contributed by atoms with Gasteiger partial charge >= 0.3 is 0 Å². The number of nitrogens with two attached hydrogens (primary N) is 2. The largest absolute Gasteiger partial charge is 0.382 e. The Kier molecular flexibility index (Phi) is 2.93. The number of hydrogen-bond donors (Lipinski definition) is 2. The highest BCUT2D eigenvalue weighted by molar-refractivity contribution is 5.74. The Hall–Kier alpha value is -1.97. The lowest BCUT2D eigenvalue weighted by molar-refractivity contribution is 0.794. The van der Waals surface area contributed by atoms with Crippen molar-refractivity contribution in [2.75, 3.05) is 11.6 Å². The average Bonchev–Trinajstić information content (AvgIpc) is 3.23. The van der Waals surface area contributed by atoms with Crippen molar-refractivity contribution >= 4 is 5.82 Å². The smallest absolute Gasteiger partial charge is 0.150 e. The summed E-state index contributed by atoms with van der Waals surface area (Å²) < 4.78 is 1.53. The standard InChI is InChI=1S/C15H20N4/c1-2-5-13-18-14(15(16)19(13)17)12-7-4-3-6-11(12)10-8-9-10/h3-4,6-7,10H,2,5,8-9,16-17H2,1H3. The number of aryl methyl sites for hydroxylation is 1. The van der Waals surface area contributed by atoms with Gasteiger partial charge in [0.2, 0.25) is 0 Å². The molecule has 4 nitrogen and oxygen atoms in total. The number of imidazole rings is 1.